The van der Waals surface area contributed by atoms with Crippen molar-refractivity contribution in [3.05, 3.63) is 118 Å². The zero-order chi connectivity index (χ0) is 35.7. The Morgan fingerprint density at radius 2 is 1.52 bits per heavy atom. The summed E-state index contributed by atoms with van der Waals surface area (Å²) in [4.78, 5) is 30.4. The fraction of sp³-hybridized carbons (Fsp3) is 0.316. The van der Waals surface area contributed by atoms with Crippen LogP contribution in [0.15, 0.2) is 106 Å². The van der Waals surface area contributed by atoms with E-state index in [0.29, 0.717) is 10.8 Å². The maximum absolute atomic E-state index is 14.8. The van der Waals surface area contributed by atoms with Crippen LogP contribution in [-0.2, 0) is 32.6 Å². The van der Waals surface area contributed by atoms with E-state index >= 15 is 0 Å². The number of carbonyl (C=O) groups excluding carboxylic acids is 2. The summed E-state index contributed by atoms with van der Waals surface area (Å²) in [5, 5.41) is 3.63. The molecule has 4 aromatic carbocycles. The van der Waals surface area contributed by atoms with E-state index in [1.54, 1.807) is 24.3 Å². The van der Waals surface area contributed by atoms with Gasteiger partial charge in [-0.2, -0.15) is 0 Å². The van der Waals surface area contributed by atoms with Crippen molar-refractivity contribution in [3.63, 3.8) is 0 Å². The van der Waals surface area contributed by atoms with Crippen LogP contribution in [0.3, 0.4) is 0 Å². The van der Waals surface area contributed by atoms with Gasteiger partial charge in [-0.1, -0.05) is 89.3 Å². The average molecular weight is 783 g/mol. The normalized spacial score (nSPS) is 14.0. The van der Waals surface area contributed by atoms with E-state index in [1.807, 2.05) is 54.6 Å². The van der Waals surface area contributed by atoms with Gasteiger partial charge in [0, 0.05) is 34.6 Å². The van der Waals surface area contributed by atoms with Crippen molar-refractivity contribution < 1.29 is 27.5 Å². The van der Waals surface area contributed by atoms with Crippen molar-refractivity contribution in [2.75, 3.05) is 25.1 Å². The summed E-state index contributed by atoms with van der Waals surface area (Å²) in [6.45, 7) is -0.511. The fourth-order valence-electron chi connectivity index (χ4n) is 6.13. The third-order valence-electron chi connectivity index (χ3n) is 8.83. The molecule has 0 spiro atoms. The number of carbonyl (C=O) groups is 2. The molecule has 12 heteroatoms. The zero-order valence-corrected chi connectivity index (χ0v) is 31.2. The Balaban J connectivity index is 1.57. The summed E-state index contributed by atoms with van der Waals surface area (Å²) in [7, 11) is -1.48. The number of methoxy groups -OCH3 is 2. The quantitative estimate of drug-likeness (QED) is 0.143. The zero-order valence-electron chi connectivity index (χ0n) is 28.1. The van der Waals surface area contributed by atoms with Crippen molar-refractivity contribution in [2.24, 2.45) is 0 Å². The number of nitrogens with one attached hydrogen (secondary N) is 1. The first-order valence-electron chi connectivity index (χ1n) is 16.5. The van der Waals surface area contributed by atoms with Crippen LogP contribution < -0.4 is 19.1 Å². The van der Waals surface area contributed by atoms with Gasteiger partial charge >= 0.3 is 0 Å². The number of anilines is 1. The molecule has 1 saturated carbocycles. The van der Waals surface area contributed by atoms with Crippen LogP contribution in [0.1, 0.15) is 43.2 Å². The van der Waals surface area contributed by atoms with Crippen molar-refractivity contribution >= 4 is 55.1 Å². The predicted octanol–water partition coefficient (Wildman–Crippen LogP) is 7.40. The number of rotatable bonds is 14. The number of hydrogen-bond acceptors (Lipinski definition) is 6. The maximum atomic E-state index is 14.8. The van der Waals surface area contributed by atoms with Crippen LogP contribution in [0.2, 0.25) is 5.02 Å². The second-order valence-electron chi connectivity index (χ2n) is 12.2. The van der Waals surface area contributed by atoms with Gasteiger partial charge in [0.2, 0.25) is 11.8 Å². The molecule has 2 amide bonds. The van der Waals surface area contributed by atoms with Crippen LogP contribution in [0.4, 0.5) is 5.69 Å². The third kappa shape index (κ3) is 9.38. The molecule has 50 heavy (non-hydrogen) atoms. The van der Waals surface area contributed by atoms with Gasteiger partial charge in [-0.3, -0.25) is 13.9 Å². The van der Waals surface area contributed by atoms with Crippen LogP contribution in [0.25, 0.3) is 0 Å². The molecular weight excluding hydrogens is 742 g/mol. The van der Waals surface area contributed by atoms with Gasteiger partial charge in [-0.05, 0) is 72.5 Å². The molecule has 1 aliphatic carbocycles. The third-order valence-corrected chi connectivity index (χ3v) is 11.4. The lowest BCUT2D eigenvalue weighted by atomic mass is 9.94. The van der Waals surface area contributed by atoms with Gasteiger partial charge < -0.3 is 19.7 Å². The molecule has 4 aromatic rings. The summed E-state index contributed by atoms with van der Waals surface area (Å²) >= 11 is 9.67. The first-order chi connectivity index (χ1) is 24.1. The van der Waals surface area contributed by atoms with Crippen molar-refractivity contribution in [1.82, 2.24) is 10.2 Å². The molecule has 5 rings (SSSR count). The first-order valence-corrected chi connectivity index (χ1v) is 19.1. The Hall–Kier alpha value is -4.06. The van der Waals surface area contributed by atoms with E-state index in [2.05, 4.69) is 21.2 Å². The Labute approximate surface area is 307 Å². The number of benzene rings is 4. The number of amides is 2. The molecule has 9 nitrogen and oxygen atoms in total. The number of hydrogen-bond donors (Lipinski definition) is 1. The van der Waals surface area contributed by atoms with E-state index < -0.39 is 28.5 Å². The average Bonchev–Trinajstić information content (AvgIpc) is 3.13. The number of ether oxygens (including phenoxy) is 2. The number of nitrogens with zero attached hydrogens (tertiary/aromatic N) is 2. The lowest BCUT2D eigenvalue weighted by molar-refractivity contribution is -0.140. The molecule has 0 heterocycles. The molecular formula is C38H41BrClN3O6S. The molecule has 0 radical (unpaired) electrons. The van der Waals surface area contributed by atoms with E-state index in [4.69, 9.17) is 21.1 Å². The lowest BCUT2D eigenvalue weighted by Crippen LogP contribution is -2.55. The van der Waals surface area contributed by atoms with E-state index in [-0.39, 0.29) is 41.2 Å². The molecule has 1 N–H and O–H groups in total. The summed E-state index contributed by atoms with van der Waals surface area (Å²) in [5.74, 6) is -0.247. The maximum Gasteiger partial charge on any atom is 0.264 e. The highest BCUT2D eigenvalue weighted by molar-refractivity contribution is 9.10. The van der Waals surface area contributed by atoms with Gasteiger partial charge in [0.05, 0.1) is 24.8 Å². The standard InChI is InChI=1S/C38H41BrClN3O6S/c1-48-35-22-21-33(24-36(35)49-2)50(46,47)43(32-19-17-30(40)18-20-32)26-37(44)42(25-28-13-15-29(39)16-14-28)34(23-27-9-5-3-6-10-27)38(45)41-31-11-7-4-8-12-31/h3,5-6,9-10,13-22,24,31,34H,4,7-8,11-12,23,25-26H2,1-2H3,(H,41,45)/t34-/m1/s1. The van der Waals surface area contributed by atoms with Crippen LogP contribution >= 0.6 is 27.5 Å². The fourth-order valence-corrected chi connectivity index (χ4v) is 7.95. The second-order valence-corrected chi connectivity index (χ2v) is 15.4. The number of sulfonamides is 1. The van der Waals surface area contributed by atoms with Crippen LogP contribution in [-0.4, -0.2) is 58.0 Å². The van der Waals surface area contributed by atoms with Crippen LogP contribution in [0.5, 0.6) is 11.5 Å². The summed E-state index contributed by atoms with van der Waals surface area (Å²) in [6, 6.07) is 26.6. The molecule has 0 unspecified atom stereocenters. The molecule has 0 bridgehead atoms. The minimum atomic E-state index is -4.36. The molecule has 1 fully saturated rings. The van der Waals surface area contributed by atoms with Gasteiger partial charge in [-0.25, -0.2) is 8.42 Å². The molecule has 264 valence electrons. The Morgan fingerprint density at radius 1 is 0.860 bits per heavy atom. The van der Waals surface area contributed by atoms with Crippen molar-refractivity contribution in [2.45, 2.75) is 62.0 Å². The molecule has 1 atom stereocenters. The van der Waals surface area contributed by atoms with Gasteiger partial charge in [-0.15, -0.1) is 0 Å². The highest BCUT2D eigenvalue weighted by Crippen LogP contribution is 2.33. The monoisotopic (exact) mass is 781 g/mol. The highest BCUT2D eigenvalue weighted by Gasteiger charge is 2.35. The Bertz CT molecular complexity index is 1850. The van der Waals surface area contributed by atoms with E-state index in [9.17, 15) is 18.0 Å². The summed E-state index contributed by atoms with van der Waals surface area (Å²) in [6.07, 6.45) is 5.17. The SMILES string of the molecule is COc1ccc(S(=O)(=O)N(CC(=O)N(Cc2ccc(Br)cc2)[C@H](Cc2ccccc2)C(=O)NC2CCCCC2)c2ccc(Cl)cc2)cc1OC. The van der Waals surface area contributed by atoms with Crippen LogP contribution in [0, 0.1) is 0 Å². The molecule has 0 aliphatic heterocycles. The summed E-state index contributed by atoms with van der Waals surface area (Å²) in [5.41, 5.74) is 1.88. The van der Waals surface area contributed by atoms with E-state index in [0.717, 1.165) is 52.0 Å². The first kappa shape index (κ1) is 37.2. The van der Waals surface area contributed by atoms with E-state index in [1.165, 1.54) is 37.3 Å². The number of halogens is 2. The predicted molar refractivity (Wildman–Crippen MR) is 199 cm³/mol. The largest absolute Gasteiger partial charge is 0.493 e. The van der Waals surface area contributed by atoms with Gasteiger partial charge in [0.25, 0.3) is 10.0 Å². The van der Waals surface area contributed by atoms with Gasteiger partial charge in [0.15, 0.2) is 11.5 Å². The topological polar surface area (TPSA) is 105 Å². The minimum absolute atomic E-state index is 0.00940. The minimum Gasteiger partial charge on any atom is -0.493 e. The van der Waals surface area contributed by atoms with Crippen molar-refractivity contribution in [1.29, 1.82) is 0 Å². The summed E-state index contributed by atoms with van der Waals surface area (Å²) < 4.78 is 41.5. The Morgan fingerprint density at radius 3 is 2.16 bits per heavy atom. The molecule has 0 saturated heterocycles. The second kappa shape index (κ2) is 17.2. The van der Waals surface area contributed by atoms with Crippen molar-refractivity contribution in [3.8, 4) is 11.5 Å². The highest BCUT2D eigenvalue weighted by atomic mass is 79.9. The molecule has 1 aliphatic rings. The van der Waals surface area contributed by atoms with Gasteiger partial charge in [0.1, 0.15) is 12.6 Å². The lowest BCUT2D eigenvalue weighted by Gasteiger charge is -2.35. The molecule has 0 aromatic heterocycles. The Kier molecular flexibility index (Phi) is 12.8. The smallest absolute Gasteiger partial charge is 0.264 e.